The Morgan fingerprint density at radius 1 is 1.05 bits per heavy atom. The Morgan fingerprint density at radius 3 is 2.37 bits per heavy atom. The first-order valence-corrected chi connectivity index (χ1v) is 7.08. The lowest BCUT2D eigenvalue weighted by Gasteiger charge is -2.18. The lowest BCUT2D eigenvalue weighted by molar-refractivity contribution is 0.789. The molecule has 1 nitrogen and oxygen atoms in total. The number of para-hydroxylation sites is 1. The molecule has 1 atom stereocenters. The molecule has 0 bridgehead atoms. The van der Waals surface area contributed by atoms with Crippen molar-refractivity contribution in [2.24, 2.45) is 0 Å². The second-order valence-electron chi connectivity index (χ2n) is 4.81. The van der Waals surface area contributed by atoms with Gasteiger partial charge in [-0.15, -0.1) is 0 Å². The van der Waals surface area contributed by atoms with E-state index in [1.807, 2.05) is 24.3 Å². The van der Waals surface area contributed by atoms with Gasteiger partial charge in [-0.25, -0.2) is 0 Å². The molecule has 0 radical (unpaired) electrons. The van der Waals surface area contributed by atoms with Gasteiger partial charge in [0.25, 0.3) is 0 Å². The molecule has 0 fully saturated rings. The maximum atomic E-state index is 6.22. The van der Waals surface area contributed by atoms with Crippen molar-refractivity contribution in [2.75, 3.05) is 5.32 Å². The minimum Gasteiger partial charge on any atom is -0.381 e. The van der Waals surface area contributed by atoms with Crippen molar-refractivity contribution in [3.05, 3.63) is 63.6 Å². The normalized spacial score (nSPS) is 12.2. The zero-order chi connectivity index (χ0) is 13.8. The van der Waals surface area contributed by atoms with Crippen LogP contribution in [0.25, 0.3) is 0 Å². The van der Waals surface area contributed by atoms with E-state index in [4.69, 9.17) is 23.2 Å². The Morgan fingerprint density at radius 2 is 1.74 bits per heavy atom. The smallest absolute Gasteiger partial charge is 0.0640 e. The average Bonchev–Trinajstić information content (AvgIpc) is 2.37. The molecule has 0 heterocycles. The number of hydrogen-bond donors (Lipinski definition) is 1. The van der Waals surface area contributed by atoms with Crippen LogP contribution >= 0.6 is 23.2 Å². The first-order chi connectivity index (χ1) is 9.06. The fourth-order valence-corrected chi connectivity index (χ4v) is 2.49. The number of rotatable bonds is 4. The molecule has 3 heteroatoms. The quantitative estimate of drug-likeness (QED) is 0.802. The van der Waals surface area contributed by atoms with Gasteiger partial charge in [-0.2, -0.15) is 0 Å². The zero-order valence-electron chi connectivity index (χ0n) is 11.1. The number of halogens is 2. The van der Waals surface area contributed by atoms with Crippen LogP contribution in [-0.2, 0) is 6.42 Å². The predicted molar refractivity (Wildman–Crippen MR) is 84.4 cm³/mol. The number of benzene rings is 2. The second kappa shape index (κ2) is 6.31. The summed E-state index contributed by atoms with van der Waals surface area (Å²) in [7, 11) is 0. The topological polar surface area (TPSA) is 12.0 Å². The van der Waals surface area contributed by atoms with E-state index in [0.29, 0.717) is 6.04 Å². The van der Waals surface area contributed by atoms with Gasteiger partial charge in [-0.05, 0) is 49.6 Å². The first kappa shape index (κ1) is 14.2. The van der Waals surface area contributed by atoms with Gasteiger partial charge in [0.05, 0.1) is 10.7 Å². The Labute approximate surface area is 124 Å². The van der Waals surface area contributed by atoms with Gasteiger partial charge in [0.15, 0.2) is 0 Å². The third-order valence-electron chi connectivity index (χ3n) is 3.07. The summed E-state index contributed by atoms with van der Waals surface area (Å²) in [5.41, 5.74) is 3.44. The van der Waals surface area contributed by atoms with E-state index in [0.717, 1.165) is 27.7 Å². The molecule has 2 rings (SSSR count). The van der Waals surface area contributed by atoms with Gasteiger partial charge in [0.2, 0.25) is 0 Å². The predicted octanol–water partition coefficient (Wildman–Crippen LogP) is 5.34. The van der Waals surface area contributed by atoms with E-state index >= 15 is 0 Å². The van der Waals surface area contributed by atoms with Gasteiger partial charge >= 0.3 is 0 Å². The van der Waals surface area contributed by atoms with Gasteiger partial charge in [-0.1, -0.05) is 47.5 Å². The van der Waals surface area contributed by atoms with Crippen LogP contribution in [0, 0.1) is 6.92 Å². The molecule has 2 aromatic carbocycles. The largest absolute Gasteiger partial charge is 0.381 e. The molecule has 0 aliphatic heterocycles. The summed E-state index contributed by atoms with van der Waals surface area (Å²) < 4.78 is 0. The highest BCUT2D eigenvalue weighted by atomic mass is 35.5. The van der Waals surface area contributed by atoms with Crippen molar-refractivity contribution < 1.29 is 0 Å². The molecule has 0 amide bonds. The second-order valence-corrected chi connectivity index (χ2v) is 5.65. The summed E-state index contributed by atoms with van der Waals surface area (Å²) in [5, 5.41) is 5.01. The lowest BCUT2D eigenvalue weighted by Crippen LogP contribution is -2.18. The summed E-state index contributed by atoms with van der Waals surface area (Å²) >= 11 is 12.1. The molecular weight excluding hydrogens is 277 g/mol. The summed E-state index contributed by atoms with van der Waals surface area (Å²) in [6, 6.07) is 14.2. The molecule has 0 aliphatic carbocycles. The van der Waals surface area contributed by atoms with Gasteiger partial charge in [0.1, 0.15) is 0 Å². The molecule has 0 aliphatic rings. The molecule has 1 N–H and O–H groups in total. The van der Waals surface area contributed by atoms with E-state index in [1.165, 1.54) is 5.56 Å². The van der Waals surface area contributed by atoms with Crippen LogP contribution in [0.2, 0.25) is 10.0 Å². The van der Waals surface area contributed by atoms with Gasteiger partial charge < -0.3 is 5.32 Å². The summed E-state index contributed by atoms with van der Waals surface area (Å²) in [6.07, 6.45) is 0.932. The van der Waals surface area contributed by atoms with Gasteiger partial charge in [0, 0.05) is 11.1 Å². The molecular formula is C16H17Cl2N. The van der Waals surface area contributed by atoms with Crippen LogP contribution in [0.5, 0.6) is 0 Å². The Bertz CT molecular complexity index is 529. The van der Waals surface area contributed by atoms with Crippen molar-refractivity contribution in [2.45, 2.75) is 26.3 Å². The number of nitrogens with one attached hydrogen (secondary N) is 1. The summed E-state index contributed by atoms with van der Waals surface area (Å²) in [5.74, 6) is 0. The molecule has 2 aromatic rings. The van der Waals surface area contributed by atoms with Crippen molar-refractivity contribution in [3.63, 3.8) is 0 Å². The van der Waals surface area contributed by atoms with Crippen LogP contribution in [0.15, 0.2) is 42.5 Å². The third-order valence-corrected chi connectivity index (χ3v) is 3.63. The van der Waals surface area contributed by atoms with E-state index in [1.54, 1.807) is 0 Å². The average molecular weight is 294 g/mol. The SMILES string of the molecule is Cc1cccc(Cl)c1NC(C)Cc1ccc(Cl)cc1. The monoisotopic (exact) mass is 293 g/mol. The minimum atomic E-state index is 0.305. The lowest BCUT2D eigenvalue weighted by atomic mass is 10.1. The summed E-state index contributed by atoms with van der Waals surface area (Å²) in [6.45, 7) is 4.21. The van der Waals surface area contributed by atoms with Crippen LogP contribution in [-0.4, -0.2) is 6.04 Å². The van der Waals surface area contributed by atoms with E-state index in [-0.39, 0.29) is 0 Å². The highest BCUT2D eigenvalue weighted by molar-refractivity contribution is 6.33. The first-order valence-electron chi connectivity index (χ1n) is 6.32. The van der Waals surface area contributed by atoms with Crippen LogP contribution in [0.3, 0.4) is 0 Å². The van der Waals surface area contributed by atoms with Crippen molar-refractivity contribution in [1.29, 1.82) is 0 Å². The maximum Gasteiger partial charge on any atom is 0.0640 e. The zero-order valence-corrected chi connectivity index (χ0v) is 12.6. The van der Waals surface area contributed by atoms with Crippen LogP contribution < -0.4 is 5.32 Å². The number of aryl methyl sites for hydroxylation is 1. The highest BCUT2D eigenvalue weighted by Gasteiger charge is 2.08. The fourth-order valence-electron chi connectivity index (χ4n) is 2.09. The number of hydrogen-bond acceptors (Lipinski definition) is 1. The third kappa shape index (κ3) is 3.89. The number of anilines is 1. The van der Waals surface area contributed by atoms with Crippen molar-refractivity contribution in [1.82, 2.24) is 0 Å². The van der Waals surface area contributed by atoms with Crippen molar-refractivity contribution in [3.8, 4) is 0 Å². The van der Waals surface area contributed by atoms with E-state index in [9.17, 15) is 0 Å². The highest BCUT2D eigenvalue weighted by Crippen LogP contribution is 2.26. The Balaban J connectivity index is 2.05. The minimum absolute atomic E-state index is 0.305. The van der Waals surface area contributed by atoms with E-state index in [2.05, 4.69) is 37.4 Å². The Hall–Kier alpha value is -1.18. The Kier molecular flexibility index (Phi) is 4.73. The van der Waals surface area contributed by atoms with Gasteiger partial charge in [-0.3, -0.25) is 0 Å². The molecule has 19 heavy (non-hydrogen) atoms. The van der Waals surface area contributed by atoms with Crippen LogP contribution in [0.1, 0.15) is 18.1 Å². The summed E-state index contributed by atoms with van der Waals surface area (Å²) in [4.78, 5) is 0. The molecule has 1 unspecified atom stereocenters. The molecule has 0 saturated carbocycles. The molecule has 0 spiro atoms. The molecule has 0 aromatic heterocycles. The van der Waals surface area contributed by atoms with E-state index < -0.39 is 0 Å². The molecule has 100 valence electrons. The van der Waals surface area contributed by atoms with Crippen LogP contribution in [0.4, 0.5) is 5.69 Å². The fraction of sp³-hybridized carbons (Fsp3) is 0.250. The van der Waals surface area contributed by atoms with Crippen molar-refractivity contribution >= 4 is 28.9 Å². The standard InChI is InChI=1S/C16H17Cl2N/c1-11-4-3-5-15(18)16(11)19-12(2)10-13-6-8-14(17)9-7-13/h3-9,12,19H,10H2,1-2H3. The molecule has 0 saturated heterocycles. The maximum absolute atomic E-state index is 6.22.